The summed E-state index contributed by atoms with van der Waals surface area (Å²) in [5.41, 5.74) is 0.351. The van der Waals surface area contributed by atoms with Crippen LogP contribution in [0.25, 0.3) is 0 Å². The number of carbonyl (C=O) groups excluding carboxylic acids is 2. The number of hydrogen-bond acceptors (Lipinski definition) is 7. The summed E-state index contributed by atoms with van der Waals surface area (Å²) in [6.45, 7) is 3.92. The molecule has 1 N–H and O–H groups in total. The number of hydrogen-bond donors (Lipinski definition) is 1. The zero-order valence-electron chi connectivity index (χ0n) is 16.9. The Morgan fingerprint density at radius 2 is 1.93 bits per heavy atom. The zero-order chi connectivity index (χ0) is 20.9. The molecule has 0 bridgehead atoms. The van der Waals surface area contributed by atoms with Crippen molar-refractivity contribution in [3.8, 4) is 11.5 Å². The summed E-state index contributed by atoms with van der Waals surface area (Å²) in [5, 5.41) is 10.3. The van der Waals surface area contributed by atoms with Crippen LogP contribution in [0.1, 0.15) is 25.8 Å². The van der Waals surface area contributed by atoms with Crippen LogP contribution in [0.3, 0.4) is 0 Å². The molecule has 152 valence electrons. The van der Waals surface area contributed by atoms with Crippen LogP contribution in [0.4, 0.5) is 0 Å². The van der Waals surface area contributed by atoms with Crippen molar-refractivity contribution in [2.75, 3.05) is 27.9 Å². The van der Waals surface area contributed by atoms with E-state index in [0.29, 0.717) is 24.5 Å². The predicted octanol–water partition coefficient (Wildman–Crippen LogP) is 2.92. The minimum absolute atomic E-state index is 0.0509. The van der Waals surface area contributed by atoms with Gasteiger partial charge < -0.3 is 19.3 Å². The topological polar surface area (TPSA) is 94.4 Å². The molecule has 0 aromatic heterocycles. The van der Waals surface area contributed by atoms with Crippen LogP contribution in [0.2, 0.25) is 0 Å². The molecule has 1 atom stereocenters. The molecule has 0 aliphatic heterocycles. The second kappa shape index (κ2) is 8.91. The summed E-state index contributed by atoms with van der Waals surface area (Å²) in [7, 11) is 4.40. The van der Waals surface area contributed by atoms with Crippen molar-refractivity contribution in [2.45, 2.75) is 26.7 Å². The molecule has 1 aromatic rings. The molecular formula is C21H27NO6. The Morgan fingerprint density at radius 3 is 2.54 bits per heavy atom. The van der Waals surface area contributed by atoms with Gasteiger partial charge in [-0.1, -0.05) is 19.9 Å². The van der Waals surface area contributed by atoms with Gasteiger partial charge in [-0.15, -0.1) is 0 Å². The van der Waals surface area contributed by atoms with Gasteiger partial charge in [-0.2, -0.15) is 0 Å². The van der Waals surface area contributed by atoms with Crippen molar-refractivity contribution < 1.29 is 28.9 Å². The van der Waals surface area contributed by atoms with Crippen molar-refractivity contribution in [3.05, 3.63) is 35.1 Å². The number of ether oxygens (including phenoxy) is 3. The highest BCUT2D eigenvalue weighted by Crippen LogP contribution is 2.40. The van der Waals surface area contributed by atoms with Crippen LogP contribution in [0.5, 0.6) is 11.5 Å². The Labute approximate surface area is 165 Å². The molecule has 0 spiro atoms. The van der Waals surface area contributed by atoms with Crippen LogP contribution < -0.4 is 9.47 Å². The molecule has 0 heterocycles. The number of rotatable bonds is 7. The van der Waals surface area contributed by atoms with Crippen LogP contribution >= 0.6 is 0 Å². The van der Waals surface area contributed by atoms with Crippen LogP contribution in [-0.2, 0) is 20.7 Å². The maximum Gasteiger partial charge on any atom is 0.317 e. The molecule has 1 unspecified atom stereocenters. The maximum absolute atomic E-state index is 12.7. The summed E-state index contributed by atoms with van der Waals surface area (Å²) in [6, 6.07) is 5.60. The predicted molar refractivity (Wildman–Crippen MR) is 105 cm³/mol. The fourth-order valence-corrected chi connectivity index (χ4v) is 3.35. The third kappa shape index (κ3) is 4.52. The van der Waals surface area contributed by atoms with Gasteiger partial charge in [0.25, 0.3) is 0 Å². The minimum atomic E-state index is -0.958. The average Bonchev–Trinajstić information content (AvgIpc) is 2.65. The number of nitrogens with zero attached hydrogens (tertiary/aromatic N) is 1. The first kappa shape index (κ1) is 21.5. The van der Waals surface area contributed by atoms with E-state index in [2.05, 4.69) is 4.99 Å². The molecule has 7 nitrogen and oxygen atoms in total. The van der Waals surface area contributed by atoms with Gasteiger partial charge in [0.05, 0.1) is 26.9 Å². The van der Waals surface area contributed by atoms with Crippen molar-refractivity contribution in [3.63, 3.8) is 0 Å². The third-order valence-electron chi connectivity index (χ3n) is 4.88. The number of aliphatic hydroxyl groups is 1. The highest BCUT2D eigenvalue weighted by atomic mass is 16.5. The lowest BCUT2D eigenvalue weighted by Gasteiger charge is -2.35. The number of carbonyl (C=O) groups is 2. The number of aliphatic imine (C=N–C) groups is 1. The average molecular weight is 389 g/mol. The first-order chi connectivity index (χ1) is 13.2. The van der Waals surface area contributed by atoms with E-state index in [0.717, 1.165) is 5.56 Å². The maximum atomic E-state index is 12.7. The fourth-order valence-electron chi connectivity index (χ4n) is 3.35. The van der Waals surface area contributed by atoms with Crippen molar-refractivity contribution in [1.29, 1.82) is 0 Å². The van der Waals surface area contributed by atoms with E-state index in [1.807, 2.05) is 18.2 Å². The number of esters is 1. The number of aliphatic hydroxyl groups excluding tert-OH is 1. The van der Waals surface area contributed by atoms with E-state index in [1.165, 1.54) is 13.3 Å². The second-order valence-electron chi connectivity index (χ2n) is 7.32. The Kier molecular flexibility index (Phi) is 6.83. The first-order valence-corrected chi connectivity index (χ1v) is 9.00. The monoisotopic (exact) mass is 389 g/mol. The third-order valence-corrected chi connectivity index (χ3v) is 4.88. The summed E-state index contributed by atoms with van der Waals surface area (Å²) < 4.78 is 15.3. The summed E-state index contributed by atoms with van der Waals surface area (Å²) in [6.07, 6.45) is 2.17. The Balaban J connectivity index is 2.11. The molecule has 0 radical (unpaired) electrons. The van der Waals surface area contributed by atoms with Crippen molar-refractivity contribution in [2.24, 2.45) is 16.3 Å². The van der Waals surface area contributed by atoms with Gasteiger partial charge >= 0.3 is 5.97 Å². The van der Waals surface area contributed by atoms with Gasteiger partial charge in [-0.05, 0) is 29.5 Å². The second-order valence-corrected chi connectivity index (χ2v) is 7.32. The Morgan fingerprint density at radius 1 is 1.25 bits per heavy atom. The van der Waals surface area contributed by atoms with Gasteiger partial charge in [0.15, 0.2) is 17.3 Å². The number of methoxy groups -OCH3 is 3. The van der Waals surface area contributed by atoms with Crippen LogP contribution in [-0.4, -0.2) is 50.9 Å². The lowest BCUT2D eigenvalue weighted by molar-refractivity contribution is -0.154. The van der Waals surface area contributed by atoms with Crippen molar-refractivity contribution in [1.82, 2.24) is 0 Å². The van der Waals surface area contributed by atoms with Crippen LogP contribution in [0.15, 0.2) is 34.5 Å². The number of ketones is 1. The van der Waals surface area contributed by atoms with E-state index in [4.69, 9.17) is 14.2 Å². The number of benzene rings is 1. The normalized spacial score (nSPS) is 19.0. The first-order valence-electron chi connectivity index (χ1n) is 9.00. The molecular weight excluding hydrogens is 362 g/mol. The molecule has 1 aliphatic rings. The minimum Gasteiger partial charge on any atom is -0.511 e. The summed E-state index contributed by atoms with van der Waals surface area (Å²) >= 11 is 0. The summed E-state index contributed by atoms with van der Waals surface area (Å²) in [5.74, 6) is -0.788. The number of allylic oxidation sites excluding steroid dienone is 2. The van der Waals surface area contributed by atoms with Crippen molar-refractivity contribution >= 4 is 18.0 Å². The van der Waals surface area contributed by atoms with E-state index < -0.39 is 23.1 Å². The lowest BCUT2D eigenvalue weighted by atomic mass is 9.68. The molecule has 7 heteroatoms. The van der Waals surface area contributed by atoms with E-state index in [1.54, 1.807) is 28.1 Å². The van der Waals surface area contributed by atoms with Gasteiger partial charge in [0, 0.05) is 19.2 Å². The molecule has 0 fully saturated rings. The Bertz CT molecular complexity index is 809. The van der Waals surface area contributed by atoms with Crippen LogP contribution in [0, 0.1) is 11.3 Å². The SMILES string of the molecule is COC(=O)C1C(=O)C(C=NCCc2ccc(OC)c(OC)c2)=C(O)CC1(C)C. The molecule has 0 saturated heterocycles. The highest BCUT2D eigenvalue weighted by Gasteiger charge is 2.47. The van der Waals surface area contributed by atoms with Gasteiger partial charge in [0.1, 0.15) is 11.7 Å². The quantitative estimate of drug-likeness (QED) is 0.438. The summed E-state index contributed by atoms with van der Waals surface area (Å²) in [4.78, 5) is 29.1. The largest absolute Gasteiger partial charge is 0.511 e. The van der Waals surface area contributed by atoms with Gasteiger partial charge in [0.2, 0.25) is 0 Å². The van der Waals surface area contributed by atoms with E-state index >= 15 is 0 Å². The molecule has 1 aliphatic carbocycles. The highest BCUT2D eigenvalue weighted by molar-refractivity contribution is 6.20. The standard InChI is InChI=1S/C21H27NO6/c1-21(2)11-15(23)14(19(24)18(21)20(25)28-5)12-22-9-8-13-6-7-16(26-3)17(10-13)27-4/h6-7,10,12,18,23H,8-9,11H2,1-5H3. The van der Waals surface area contributed by atoms with Gasteiger partial charge in [-0.3, -0.25) is 14.6 Å². The zero-order valence-corrected chi connectivity index (χ0v) is 16.9. The smallest absolute Gasteiger partial charge is 0.317 e. The molecule has 0 saturated carbocycles. The molecule has 2 rings (SSSR count). The van der Waals surface area contributed by atoms with E-state index in [-0.39, 0.29) is 17.8 Å². The van der Waals surface area contributed by atoms with E-state index in [9.17, 15) is 14.7 Å². The molecule has 1 aromatic carbocycles. The fraction of sp³-hybridized carbons (Fsp3) is 0.476. The lowest BCUT2D eigenvalue weighted by Crippen LogP contribution is -2.43. The molecule has 28 heavy (non-hydrogen) atoms. The van der Waals surface area contributed by atoms with Gasteiger partial charge in [-0.25, -0.2) is 0 Å². The Hall–Kier alpha value is -2.83. The number of Topliss-reactive ketones (excluding diaryl/α,β-unsaturated/α-hetero) is 1. The molecule has 0 amide bonds.